The van der Waals surface area contributed by atoms with Crippen molar-refractivity contribution in [2.24, 2.45) is 5.92 Å². The third-order valence-corrected chi connectivity index (χ3v) is 5.21. The van der Waals surface area contributed by atoms with Crippen LogP contribution in [0.15, 0.2) is 36.7 Å². The summed E-state index contributed by atoms with van der Waals surface area (Å²) in [5.74, 6) is 0.00721. The van der Waals surface area contributed by atoms with Gasteiger partial charge >= 0.3 is 0 Å². The second-order valence-electron chi connectivity index (χ2n) is 7.34. The third kappa shape index (κ3) is 4.59. The Morgan fingerprint density at radius 1 is 1.36 bits per heavy atom. The molecule has 1 unspecified atom stereocenters. The number of aryl methyl sites for hydroxylation is 1. The molecule has 0 saturated carbocycles. The van der Waals surface area contributed by atoms with Crippen LogP contribution in [0.1, 0.15) is 24.0 Å². The van der Waals surface area contributed by atoms with Gasteiger partial charge in [-0.05, 0) is 25.0 Å². The maximum absolute atomic E-state index is 12.9. The maximum Gasteiger partial charge on any atom is 0.227 e. The van der Waals surface area contributed by atoms with E-state index >= 15 is 0 Å². The van der Waals surface area contributed by atoms with Crippen molar-refractivity contribution in [3.8, 4) is 5.69 Å². The summed E-state index contributed by atoms with van der Waals surface area (Å²) in [7, 11) is 3.42. The smallest absolute Gasteiger partial charge is 0.227 e. The molecule has 0 aliphatic carbocycles. The van der Waals surface area contributed by atoms with Crippen LogP contribution in [0.25, 0.3) is 5.69 Å². The van der Waals surface area contributed by atoms with Crippen LogP contribution >= 0.6 is 0 Å². The molecule has 1 atom stereocenters. The van der Waals surface area contributed by atoms with Crippen molar-refractivity contribution in [2.75, 3.05) is 33.9 Å². The quantitative estimate of drug-likeness (QED) is 0.733. The summed E-state index contributed by atoms with van der Waals surface area (Å²) in [5, 5.41) is 4.44. The second kappa shape index (κ2) is 9.01. The Bertz CT molecular complexity index is 833. The van der Waals surface area contributed by atoms with Crippen LogP contribution in [0.4, 0.5) is 0 Å². The van der Waals surface area contributed by atoms with Crippen molar-refractivity contribution in [1.29, 1.82) is 0 Å². The lowest BCUT2D eigenvalue weighted by molar-refractivity contribution is -0.143. The van der Waals surface area contributed by atoms with E-state index < -0.39 is 0 Å². The number of para-hydroxylation sites is 1. The molecule has 0 radical (unpaired) electrons. The summed E-state index contributed by atoms with van der Waals surface area (Å²) >= 11 is 0. The van der Waals surface area contributed by atoms with Gasteiger partial charge in [0.1, 0.15) is 0 Å². The fraction of sp³-hybridized carbons (Fsp3) is 0.476. The molecule has 7 nitrogen and oxygen atoms in total. The molecule has 0 N–H and O–H groups in total. The molecule has 150 valence electrons. The van der Waals surface area contributed by atoms with E-state index in [1.807, 2.05) is 49.1 Å². The average Bonchev–Trinajstić information content (AvgIpc) is 3.15. The number of piperidine rings is 1. The van der Waals surface area contributed by atoms with Crippen LogP contribution in [-0.2, 0) is 20.9 Å². The first kappa shape index (κ1) is 20.1. The Hall–Kier alpha value is -2.67. The molecular formula is C21H28N4O3. The van der Waals surface area contributed by atoms with Crippen LogP contribution in [0.2, 0.25) is 0 Å². The highest BCUT2D eigenvalue weighted by molar-refractivity contribution is 5.83. The van der Waals surface area contributed by atoms with E-state index in [1.54, 1.807) is 23.1 Å². The Kier molecular flexibility index (Phi) is 6.46. The first-order chi connectivity index (χ1) is 13.5. The van der Waals surface area contributed by atoms with Gasteiger partial charge in [-0.2, -0.15) is 5.10 Å². The molecule has 1 aliphatic heterocycles. The van der Waals surface area contributed by atoms with Crippen molar-refractivity contribution in [1.82, 2.24) is 19.6 Å². The van der Waals surface area contributed by atoms with Gasteiger partial charge in [0.25, 0.3) is 0 Å². The number of methoxy groups -OCH3 is 1. The minimum atomic E-state index is -0.161. The Morgan fingerprint density at radius 2 is 2.14 bits per heavy atom. The average molecular weight is 384 g/mol. The molecule has 3 rings (SSSR count). The molecule has 1 aromatic heterocycles. The lowest BCUT2D eigenvalue weighted by atomic mass is 9.96. The van der Waals surface area contributed by atoms with Gasteiger partial charge in [-0.25, -0.2) is 4.68 Å². The highest BCUT2D eigenvalue weighted by Gasteiger charge is 2.31. The number of nitrogens with zero attached hydrogens (tertiary/aromatic N) is 4. The maximum atomic E-state index is 12.9. The first-order valence-electron chi connectivity index (χ1n) is 9.61. The zero-order valence-corrected chi connectivity index (χ0v) is 16.8. The van der Waals surface area contributed by atoms with Gasteiger partial charge in [0.05, 0.1) is 24.4 Å². The number of hydrogen-bond acceptors (Lipinski definition) is 4. The van der Waals surface area contributed by atoms with Crippen molar-refractivity contribution >= 4 is 11.8 Å². The third-order valence-electron chi connectivity index (χ3n) is 5.21. The number of rotatable bonds is 7. The van der Waals surface area contributed by atoms with Gasteiger partial charge in [0, 0.05) is 52.0 Å². The van der Waals surface area contributed by atoms with Crippen molar-refractivity contribution in [3.63, 3.8) is 0 Å². The number of hydrogen-bond donors (Lipinski definition) is 0. The predicted octanol–water partition coefficient (Wildman–Crippen LogP) is 2.02. The summed E-state index contributed by atoms with van der Waals surface area (Å²) in [6.45, 7) is 4.03. The second-order valence-corrected chi connectivity index (χ2v) is 7.34. The molecule has 1 saturated heterocycles. The van der Waals surface area contributed by atoms with Gasteiger partial charge in [-0.3, -0.25) is 9.59 Å². The minimum absolute atomic E-state index is 0.0681. The monoisotopic (exact) mass is 384 g/mol. The van der Waals surface area contributed by atoms with E-state index in [0.29, 0.717) is 39.1 Å². The molecule has 28 heavy (non-hydrogen) atoms. The summed E-state index contributed by atoms with van der Waals surface area (Å²) < 4.78 is 6.91. The normalized spacial score (nSPS) is 17.0. The molecule has 1 aromatic carbocycles. The molecule has 0 spiro atoms. The SMILES string of the molecule is COCCN1CC(C(=O)N(C)Cc2cnn(-c3ccccc3C)c2)CCC1=O. The van der Waals surface area contributed by atoms with Crippen molar-refractivity contribution in [3.05, 3.63) is 47.8 Å². The van der Waals surface area contributed by atoms with Crippen molar-refractivity contribution < 1.29 is 14.3 Å². The highest BCUT2D eigenvalue weighted by Crippen LogP contribution is 2.21. The Labute approximate surface area is 165 Å². The van der Waals surface area contributed by atoms with Crippen LogP contribution in [0.3, 0.4) is 0 Å². The summed E-state index contributed by atoms with van der Waals surface area (Å²) in [6.07, 6.45) is 4.78. The number of carbonyl (C=O) groups excluding carboxylic acids is 2. The number of likely N-dealkylation sites (tertiary alicyclic amines) is 1. The fourth-order valence-electron chi connectivity index (χ4n) is 3.59. The van der Waals surface area contributed by atoms with E-state index in [9.17, 15) is 9.59 Å². The zero-order chi connectivity index (χ0) is 20.1. The first-order valence-corrected chi connectivity index (χ1v) is 9.61. The zero-order valence-electron chi connectivity index (χ0n) is 16.8. The molecule has 2 aromatic rings. The van der Waals surface area contributed by atoms with E-state index in [0.717, 1.165) is 16.8 Å². The van der Waals surface area contributed by atoms with Gasteiger partial charge in [-0.1, -0.05) is 18.2 Å². The van der Waals surface area contributed by atoms with Crippen LogP contribution in [0, 0.1) is 12.8 Å². The lowest BCUT2D eigenvalue weighted by Crippen LogP contribution is -2.47. The fourth-order valence-corrected chi connectivity index (χ4v) is 3.59. The van der Waals surface area contributed by atoms with Gasteiger partial charge in [-0.15, -0.1) is 0 Å². The molecule has 7 heteroatoms. The summed E-state index contributed by atoms with van der Waals surface area (Å²) in [6, 6.07) is 8.06. The number of ether oxygens (including phenoxy) is 1. The van der Waals surface area contributed by atoms with Crippen LogP contribution < -0.4 is 0 Å². The Morgan fingerprint density at radius 3 is 2.89 bits per heavy atom. The minimum Gasteiger partial charge on any atom is -0.383 e. The van der Waals surface area contributed by atoms with Crippen LogP contribution in [0.5, 0.6) is 0 Å². The standard InChI is InChI=1S/C21H28N4O3/c1-16-6-4-5-7-19(16)25-14-17(12-22-25)13-23(2)21(27)18-8-9-20(26)24(15-18)10-11-28-3/h4-7,12,14,18H,8-11,13,15H2,1-3H3. The number of benzene rings is 1. The van der Waals surface area contributed by atoms with Gasteiger partial charge in [0.15, 0.2) is 0 Å². The van der Waals surface area contributed by atoms with E-state index in [-0.39, 0.29) is 17.7 Å². The molecule has 2 amide bonds. The van der Waals surface area contributed by atoms with Crippen molar-refractivity contribution in [2.45, 2.75) is 26.3 Å². The topological polar surface area (TPSA) is 67.7 Å². The summed E-state index contributed by atoms with van der Waals surface area (Å²) in [5.41, 5.74) is 3.15. The van der Waals surface area contributed by atoms with E-state index in [4.69, 9.17) is 4.74 Å². The van der Waals surface area contributed by atoms with E-state index in [1.165, 1.54) is 0 Å². The van der Waals surface area contributed by atoms with Crippen LogP contribution in [-0.4, -0.2) is 65.2 Å². The number of carbonyl (C=O) groups is 2. The van der Waals surface area contributed by atoms with E-state index in [2.05, 4.69) is 5.10 Å². The molecule has 0 bridgehead atoms. The lowest BCUT2D eigenvalue weighted by Gasteiger charge is -2.33. The number of amides is 2. The molecule has 2 heterocycles. The van der Waals surface area contributed by atoms with Gasteiger partial charge in [0.2, 0.25) is 11.8 Å². The van der Waals surface area contributed by atoms with Gasteiger partial charge < -0.3 is 14.5 Å². The molecular weight excluding hydrogens is 356 g/mol. The Balaban J connectivity index is 1.61. The summed E-state index contributed by atoms with van der Waals surface area (Å²) in [4.78, 5) is 28.4. The highest BCUT2D eigenvalue weighted by atomic mass is 16.5. The number of aromatic nitrogens is 2. The largest absolute Gasteiger partial charge is 0.383 e. The molecule has 1 fully saturated rings. The predicted molar refractivity (Wildman–Crippen MR) is 106 cm³/mol. The molecule has 1 aliphatic rings.